The van der Waals surface area contributed by atoms with E-state index in [9.17, 15) is 4.79 Å². The number of hydrogen-bond acceptors (Lipinski definition) is 4. The molecule has 3 heterocycles. The molecule has 0 saturated heterocycles. The number of para-hydroxylation sites is 1. The van der Waals surface area contributed by atoms with E-state index in [1.165, 1.54) is 4.52 Å². The summed E-state index contributed by atoms with van der Waals surface area (Å²) in [4.78, 5) is 21.8. The number of aromatic amines is 1. The monoisotopic (exact) mass is 360 g/mol. The Morgan fingerprint density at radius 1 is 1.07 bits per heavy atom. The molecule has 0 unspecified atom stereocenters. The van der Waals surface area contributed by atoms with E-state index in [0.29, 0.717) is 24.2 Å². The topological polar surface area (TPSA) is 72.3 Å². The Balaban J connectivity index is 1.69. The Kier molecular flexibility index (Phi) is 4.46. The van der Waals surface area contributed by atoms with Crippen molar-refractivity contribution in [1.82, 2.24) is 19.6 Å². The van der Waals surface area contributed by atoms with E-state index in [1.54, 1.807) is 12.4 Å². The number of nitrogens with one attached hydrogen (secondary N) is 1. The number of pyridine rings is 1. The number of nitrogens with zero attached hydrogens (tertiary/aromatic N) is 3. The second-order valence-corrected chi connectivity index (χ2v) is 6.40. The summed E-state index contributed by atoms with van der Waals surface area (Å²) in [5.41, 5.74) is 4.73. The predicted octanol–water partition coefficient (Wildman–Crippen LogP) is 3.32. The zero-order chi connectivity index (χ0) is 18.8. The summed E-state index contributed by atoms with van der Waals surface area (Å²) in [6.45, 7) is 4.24. The first kappa shape index (κ1) is 17.0. The second kappa shape index (κ2) is 7.07. The number of ether oxygens (including phenoxy) is 1. The summed E-state index contributed by atoms with van der Waals surface area (Å²) in [5, 5.41) is 3.15. The molecular formula is C21H20N4O2. The van der Waals surface area contributed by atoms with Gasteiger partial charge in [0.15, 0.2) is 5.65 Å². The summed E-state index contributed by atoms with van der Waals surface area (Å²) in [7, 11) is 0. The molecule has 136 valence electrons. The Hall–Kier alpha value is -3.41. The molecule has 0 atom stereocenters. The molecular weight excluding hydrogens is 340 g/mol. The van der Waals surface area contributed by atoms with Gasteiger partial charge < -0.3 is 4.74 Å². The zero-order valence-electron chi connectivity index (χ0n) is 15.3. The molecule has 1 N–H and O–H groups in total. The van der Waals surface area contributed by atoms with E-state index in [-0.39, 0.29) is 5.56 Å². The molecule has 0 aliphatic heterocycles. The SMILES string of the molecule is Cc1nc2c(-c3ccncc3)c(C)[nH]n2c(=O)c1CCOc1ccccc1. The molecule has 0 aliphatic rings. The van der Waals surface area contributed by atoms with Crippen LogP contribution in [0.1, 0.15) is 17.0 Å². The van der Waals surface area contributed by atoms with Crippen molar-refractivity contribution in [2.75, 3.05) is 6.61 Å². The fourth-order valence-electron chi connectivity index (χ4n) is 3.26. The molecule has 0 saturated carbocycles. The van der Waals surface area contributed by atoms with E-state index in [1.807, 2.05) is 56.3 Å². The van der Waals surface area contributed by atoms with E-state index < -0.39 is 0 Å². The molecule has 27 heavy (non-hydrogen) atoms. The molecule has 4 rings (SSSR count). The van der Waals surface area contributed by atoms with Crippen LogP contribution in [0, 0.1) is 13.8 Å². The number of H-pyrrole nitrogens is 1. The minimum atomic E-state index is -0.0856. The Morgan fingerprint density at radius 2 is 1.81 bits per heavy atom. The number of fused-ring (bicyclic) bond motifs is 1. The zero-order valence-corrected chi connectivity index (χ0v) is 15.3. The summed E-state index contributed by atoms with van der Waals surface area (Å²) < 4.78 is 7.26. The van der Waals surface area contributed by atoms with Gasteiger partial charge in [-0.05, 0) is 43.7 Å². The van der Waals surface area contributed by atoms with Crippen molar-refractivity contribution >= 4 is 5.65 Å². The van der Waals surface area contributed by atoms with E-state index in [2.05, 4.69) is 10.1 Å². The second-order valence-electron chi connectivity index (χ2n) is 6.40. The Bertz CT molecular complexity index is 1130. The smallest absolute Gasteiger partial charge is 0.276 e. The van der Waals surface area contributed by atoms with Crippen LogP contribution < -0.4 is 10.3 Å². The minimum absolute atomic E-state index is 0.0856. The largest absolute Gasteiger partial charge is 0.493 e. The standard InChI is InChI=1S/C21H20N4O2/c1-14-18(10-13-27-17-6-4-3-5-7-17)21(26)25-20(23-14)19(15(2)24-25)16-8-11-22-12-9-16/h3-9,11-12,24H,10,13H2,1-2H3. The van der Waals surface area contributed by atoms with Crippen LogP contribution in [0.15, 0.2) is 59.7 Å². The maximum absolute atomic E-state index is 13.0. The quantitative estimate of drug-likeness (QED) is 0.593. The van der Waals surface area contributed by atoms with Gasteiger partial charge in [-0.1, -0.05) is 18.2 Å². The third-order valence-electron chi connectivity index (χ3n) is 4.59. The van der Waals surface area contributed by atoms with Crippen LogP contribution in [0.5, 0.6) is 5.75 Å². The summed E-state index contributed by atoms with van der Waals surface area (Å²) in [5.74, 6) is 0.792. The molecule has 6 nitrogen and oxygen atoms in total. The van der Waals surface area contributed by atoms with E-state index in [0.717, 1.165) is 28.3 Å². The number of benzene rings is 1. The van der Waals surface area contributed by atoms with Crippen molar-refractivity contribution in [3.05, 3.63) is 82.2 Å². The Morgan fingerprint density at radius 3 is 2.56 bits per heavy atom. The molecule has 3 aromatic heterocycles. The normalized spacial score (nSPS) is 11.0. The highest BCUT2D eigenvalue weighted by molar-refractivity contribution is 5.79. The van der Waals surface area contributed by atoms with Crippen molar-refractivity contribution in [1.29, 1.82) is 0 Å². The molecule has 4 aromatic rings. The molecule has 1 aromatic carbocycles. The highest BCUT2D eigenvalue weighted by Gasteiger charge is 2.17. The maximum Gasteiger partial charge on any atom is 0.276 e. The molecule has 0 aliphatic carbocycles. The van der Waals surface area contributed by atoms with E-state index in [4.69, 9.17) is 9.72 Å². The lowest BCUT2D eigenvalue weighted by Crippen LogP contribution is -2.23. The minimum Gasteiger partial charge on any atom is -0.493 e. The summed E-state index contributed by atoms with van der Waals surface area (Å²) in [6.07, 6.45) is 3.97. The molecule has 0 radical (unpaired) electrons. The first-order valence-electron chi connectivity index (χ1n) is 8.84. The van der Waals surface area contributed by atoms with Crippen molar-refractivity contribution in [2.24, 2.45) is 0 Å². The highest BCUT2D eigenvalue weighted by Crippen LogP contribution is 2.26. The molecule has 6 heteroatoms. The van der Waals surface area contributed by atoms with Gasteiger partial charge in [0, 0.05) is 41.3 Å². The fraction of sp³-hybridized carbons (Fsp3) is 0.190. The van der Waals surface area contributed by atoms with Crippen molar-refractivity contribution < 1.29 is 4.74 Å². The first-order valence-corrected chi connectivity index (χ1v) is 8.84. The lowest BCUT2D eigenvalue weighted by molar-refractivity contribution is 0.321. The lowest BCUT2D eigenvalue weighted by atomic mass is 10.1. The van der Waals surface area contributed by atoms with Gasteiger partial charge in [0.2, 0.25) is 0 Å². The van der Waals surface area contributed by atoms with Gasteiger partial charge in [-0.15, -0.1) is 0 Å². The van der Waals surface area contributed by atoms with Gasteiger partial charge in [0.05, 0.1) is 6.61 Å². The maximum atomic E-state index is 13.0. The molecule has 0 fully saturated rings. The van der Waals surface area contributed by atoms with Crippen LogP contribution >= 0.6 is 0 Å². The van der Waals surface area contributed by atoms with Gasteiger partial charge in [-0.2, -0.15) is 0 Å². The number of hydrogen-bond donors (Lipinski definition) is 1. The highest BCUT2D eigenvalue weighted by atomic mass is 16.5. The third kappa shape index (κ3) is 3.21. The fourth-order valence-corrected chi connectivity index (χ4v) is 3.26. The van der Waals surface area contributed by atoms with Gasteiger partial charge in [-0.3, -0.25) is 14.9 Å². The summed E-state index contributed by atoms with van der Waals surface area (Å²) in [6, 6.07) is 13.4. The first-order chi connectivity index (χ1) is 13.1. The van der Waals surface area contributed by atoms with Crippen molar-refractivity contribution in [2.45, 2.75) is 20.3 Å². The van der Waals surface area contributed by atoms with Gasteiger partial charge in [0.25, 0.3) is 5.56 Å². The van der Waals surface area contributed by atoms with Crippen molar-refractivity contribution in [3.8, 4) is 16.9 Å². The number of aromatic nitrogens is 4. The molecule has 0 spiro atoms. The van der Waals surface area contributed by atoms with Gasteiger partial charge in [-0.25, -0.2) is 9.50 Å². The van der Waals surface area contributed by atoms with Crippen LogP contribution in [0.25, 0.3) is 16.8 Å². The molecule has 0 bridgehead atoms. The van der Waals surface area contributed by atoms with Crippen LogP contribution in [0.2, 0.25) is 0 Å². The average molecular weight is 360 g/mol. The Labute approximate surface area is 156 Å². The number of aryl methyl sites for hydroxylation is 2. The summed E-state index contributed by atoms with van der Waals surface area (Å²) >= 11 is 0. The van der Waals surface area contributed by atoms with Gasteiger partial charge >= 0.3 is 0 Å². The predicted molar refractivity (Wildman–Crippen MR) is 104 cm³/mol. The number of rotatable bonds is 5. The molecule has 0 amide bonds. The van der Waals surface area contributed by atoms with Crippen LogP contribution in [0.3, 0.4) is 0 Å². The van der Waals surface area contributed by atoms with E-state index >= 15 is 0 Å². The van der Waals surface area contributed by atoms with Crippen LogP contribution in [-0.2, 0) is 6.42 Å². The van der Waals surface area contributed by atoms with Gasteiger partial charge in [0.1, 0.15) is 5.75 Å². The lowest BCUT2D eigenvalue weighted by Gasteiger charge is -2.08. The van der Waals surface area contributed by atoms with Crippen LogP contribution in [0.4, 0.5) is 0 Å². The third-order valence-corrected chi connectivity index (χ3v) is 4.59. The average Bonchev–Trinajstić information content (AvgIpc) is 3.02. The van der Waals surface area contributed by atoms with Crippen molar-refractivity contribution in [3.63, 3.8) is 0 Å². The van der Waals surface area contributed by atoms with Crippen LogP contribution in [-0.4, -0.2) is 26.2 Å².